The SMILES string of the molecule is CC[C@@H](CO)N1C(=O)[C@@H]2[C@@H](C(=O)NCc3ccccc3)[C@@]3(C)CCC2(O3)C1C(=O)NCc1ccccc1. The van der Waals surface area contributed by atoms with E-state index >= 15 is 0 Å². The molecule has 3 amide bonds. The third-order valence-corrected chi connectivity index (χ3v) is 8.44. The number of nitrogens with zero attached hydrogens (tertiary/aromatic N) is 1. The normalized spacial score (nSPS) is 30.7. The topological polar surface area (TPSA) is 108 Å². The number of carbonyl (C=O) groups is 3. The van der Waals surface area contributed by atoms with Crippen LogP contribution in [0.2, 0.25) is 0 Å². The van der Waals surface area contributed by atoms with Crippen LogP contribution in [0.3, 0.4) is 0 Å². The van der Waals surface area contributed by atoms with Crippen LogP contribution < -0.4 is 10.6 Å². The van der Waals surface area contributed by atoms with Crippen molar-refractivity contribution in [3.05, 3.63) is 71.8 Å². The molecule has 0 aromatic heterocycles. The van der Waals surface area contributed by atoms with Gasteiger partial charge in [0.2, 0.25) is 17.7 Å². The first-order valence-electron chi connectivity index (χ1n) is 13.1. The molecule has 2 aromatic carbocycles. The molecule has 0 radical (unpaired) electrons. The minimum atomic E-state index is -1.11. The van der Waals surface area contributed by atoms with E-state index in [4.69, 9.17) is 4.74 Å². The van der Waals surface area contributed by atoms with E-state index in [1.165, 1.54) is 4.90 Å². The molecule has 3 fully saturated rings. The molecule has 37 heavy (non-hydrogen) atoms. The van der Waals surface area contributed by atoms with Crippen LogP contribution in [-0.4, -0.2) is 57.6 Å². The fraction of sp³-hybridized carbons (Fsp3) is 0.483. The lowest BCUT2D eigenvalue weighted by molar-refractivity contribution is -0.149. The molecule has 0 saturated carbocycles. The molecule has 196 valence electrons. The Bertz CT molecular complexity index is 1150. The lowest BCUT2D eigenvalue weighted by Crippen LogP contribution is -2.57. The number of amides is 3. The number of nitrogens with one attached hydrogen (secondary N) is 2. The molecule has 3 saturated heterocycles. The van der Waals surface area contributed by atoms with E-state index in [2.05, 4.69) is 10.6 Å². The van der Waals surface area contributed by atoms with Gasteiger partial charge in [-0.2, -0.15) is 0 Å². The van der Waals surface area contributed by atoms with Gasteiger partial charge in [-0.05, 0) is 37.3 Å². The summed E-state index contributed by atoms with van der Waals surface area (Å²) >= 11 is 0. The lowest BCUT2D eigenvalue weighted by atomic mass is 9.66. The van der Waals surface area contributed by atoms with Crippen molar-refractivity contribution >= 4 is 17.7 Å². The highest BCUT2D eigenvalue weighted by Crippen LogP contribution is 2.63. The summed E-state index contributed by atoms with van der Waals surface area (Å²) in [6.07, 6.45) is 1.56. The number of carbonyl (C=O) groups excluding carboxylic acids is 3. The Hall–Kier alpha value is -3.23. The van der Waals surface area contributed by atoms with E-state index in [1.54, 1.807) is 0 Å². The van der Waals surface area contributed by atoms with Crippen molar-refractivity contribution in [2.75, 3.05) is 6.61 Å². The van der Waals surface area contributed by atoms with Gasteiger partial charge in [-0.1, -0.05) is 67.6 Å². The first-order valence-corrected chi connectivity index (χ1v) is 13.1. The second-order valence-electron chi connectivity index (χ2n) is 10.6. The predicted octanol–water partition coefficient (Wildman–Crippen LogP) is 2.15. The number of likely N-dealkylation sites (tertiary alicyclic amines) is 1. The van der Waals surface area contributed by atoms with Gasteiger partial charge in [-0.25, -0.2) is 0 Å². The third kappa shape index (κ3) is 4.22. The fourth-order valence-electron chi connectivity index (χ4n) is 6.65. The van der Waals surface area contributed by atoms with Crippen LogP contribution in [0.25, 0.3) is 0 Å². The molecule has 5 rings (SSSR count). The number of benzene rings is 2. The number of aliphatic hydroxyl groups excluding tert-OH is 1. The summed E-state index contributed by atoms with van der Waals surface area (Å²) < 4.78 is 6.62. The van der Waals surface area contributed by atoms with E-state index in [0.29, 0.717) is 32.4 Å². The number of rotatable bonds is 9. The predicted molar refractivity (Wildman–Crippen MR) is 137 cm³/mol. The van der Waals surface area contributed by atoms with Crippen LogP contribution in [-0.2, 0) is 32.2 Å². The van der Waals surface area contributed by atoms with Gasteiger partial charge >= 0.3 is 0 Å². The summed E-state index contributed by atoms with van der Waals surface area (Å²) in [6, 6.07) is 17.7. The smallest absolute Gasteiger partial charge is 0.246 e. The molecule has 3 aliphatic rings. The third-order valence-electron chi connectivity index (χ3n) is 8.44. The summed E-state index contributed by atoms with van der Waals surface area (Å²) in [5.41, 5.74) is -0.0452. The maximum Gasteiger partial charge on any atom is 0.246 e. The number of ether oxygens (including phenoxy) is 1. The van der Waals surface area contributed by atoms with Crippen molar-refractivity contribution in [3.63, 3.8) is 0 Å². The molecule has 6 atom stereocenters. The van der Waals surface area contributed by atoms with E-state index in [0.717, 1.165) is 11.1 Å². The van der Waals surface area contributed by atoms with Gasteiger partial charge in [0.25, 0.3) is 0 Å². The highest BCUT2D eigenvalue weighted by molar-refractivity contribution is 5.99. The zero-order chi connectivity index (χ0) is 26.2. The molecule has 2 aromatic rings. The van der Waals surface area contributed by atoms with E-state index in [9.17, 15) is 19.5 Å². The Kier molecular flexibility index (Phi) is 6.81. The van der Waals surface area contributed by atoms with Crippen LogP contribution in [0.1, 0.15) is 44.2 Å². The molecule has 1 spiro atoms. The Morgan fingerprint density at radius 1 is 1.00 bits per heavy atom. The zero-order valence-corrected chi connectivity index (χ0v) is 21.4. The molecule has 3 aliphatic heterocycles. The second kappa shape index (κ2) is 9.91. The molecule has 0 aliphatic carbocycles. The highest BCUT2D eigenvalue weighted by Gasteiger charge is 2.78. The molecule has 2 unspecified atom stereocenters. The van der Waals surface area contributed by atoms with E-state index in [-0.39, 0.29) is 24.3 Å². The molecule has 3 heterocycles. The minimum Gasteiger partial charge on any atom is -0.394 e. The second-order valence-corrected chi connectivity index (χ2v) is 10.6. The first-order chi connectivity index (χ1) is 17.8. The van der Waals surface area contributed by atoms with Crippen LogP contribution >= 0.6 is 0 Å². The van der Waals surface area contributed by atoms with Gasteiger partial charge in [0, 0.05) is 13.1 Å². The van der Waals surface area contributed by atoms with Crippen molar-refractivity contribution < 1.29 is 24.2 Å². The Balaban J connectivity index is 1.44. The molecule has 8 nitrogen and oxygen atoms in total. The Morgan fingerprint density at radius 3 is 2.11 bits per heavy atom. The summed E-state index contributed by atoms with van der Waals surface area (Å²) in [7, 11) is 0. The average Bonchev–Trinajstić information content (AvgIpc) is 3.49. The molecule has 3 N–H and O–H groups in total. The number of hydrogen-bond acceptors (Lipinski definition) is 5. The van der Waals surface area contributed by atoms with E-state index in [1.807, 2.05) is 74.5 Å². The quantitative estimate of drug-likeness (QED) is 0.484. The van der Waals surface area contributed by atoms with Gasteiger partial charge in [-0.15, -0.1) is 0 Å². The van der Waals surface area contributed by atoms with Crippen molar-refractivity contribution in [2.24, 2.45) is 11.8 Å². The largest absolute Gasteiger partial charge is 0.394 e. The summed E-state index contributed by atoms with van der Waals surface area (Å²) in [5, 5.41) is 16.1. The van der Waals surface area contributed by atoms with Crippen molar-refractivity contribution in [3.8, 4) is 0 Å². The van der Waals surface area contributed by atoms with Gasteiger partial charge in [0.15, 0.2) is 0 Å². The van der Waals surface area contributed by atoms with Crippen LogP contribution in [0.4, 0.5) is 0 Å². The van der Waals surface area contributed by atoms with Crippen molar-refractivity contribution in [1.29, 1.82) is 0 Å². The van der Waals surface area contributed by atoms with Crippen molar-refractivity contribution in [1.82, 2.24) is 15.5 Å². The average molecular weight is 506 g/mol. The molecular formula is C29H35N3O5. The number of aliphatic hydroxyl groups is 1. The van der Waals surface area contributed by atoms with Crippen LogP contribution in [0.5, 0.6) is 0 Å². The standard InChI is InChI=1S/C29H35N3O5/c1-3-21(18-33)32-24(26(35)31-17-20-12-8-5-9-13-20)29-15-14-28(2,37-29)22(23(29)27(32)36)25(34)30-16-19-10-6-4-7-11-19/h4-13,21-24,33H,3,14-18H2,1-2H3,(H,30,34)(H,31,35)/t21-,22-,23-,24?,28+,29?/m0/s1. The van der Waals surface area contributed by atoms with Crippen LogP contribution in [0, 0.1) is 11.8 Å². The monoisotopic (exact) mass is 505 g/mol. The van der Waals surface area contributed by atoms with Gasteiger partial charge in [0.05, 0.1) is 30.1 Å². The zero-order valence-electron chi connectivity index (χ0n) is 21.4. The van der Waals surface area contributed by atoms with Gasteiger partial charge in [0.1, 0.15) is 11.6 Å². The minimum absolute atomic E-state index is 0.242. The van der Waals surface area contributed by atoms with Gasteiger partial charge < -0.3 is 25.4 Å². The molecule has 2 bridgehead atoms. The first kappa shape index (κ1) is 25.4. The van der Waals surface area contributed by atoms with Gasteiger partial charge in [-0.3, -0.25) is 14.4 Å². The Labute approximate surface area is 217 Å². The number of hydrogen-bond donors (Lipinski definition) is 3. The maximum absolute atomic E-state index is 14.0. The summed E-state index contributed by atoms with van der Waals surface area (Å²) in [6.45, 7) is 4.15. The Morgan fingerprint density at radius 2 is 1.57 bits per heavy atom. The molecular weight excluding hydrogens is 470 g/mol. The van der Waals surface area contributed by atoms with Crippen molar-refractivity contribution in [2.45, 2.75) is 69.5 Å². The van der Waals surface area contributed by atoms with E-state index < -0.39 is 35.1 Å². The lowest BCUT2D eigenvalue weighted by Gasteiger charge is -2.36. The number of fused-ring (bicyclic) bond motifs is 1. The fourth-order valence-corrected chi connectivity index (χ4v) is 6.65. The highest BCUT2D eigenvalue weighted by atomic mass is 16.5. The molecule has 8 heteroatoms. The maximum atomic E-state index is 14.0. The van der Waals surface area contributed by atoms with Crippen LogP contribution in [0.15, 0.2) is 60.7 Å². The summed E-state index contributed by atoms with van der Waals surface area (Å²) in [5.74, 6) is -2.35. The summed E-state index contributed by atoms with van der Waals surface area (Å²) in [4.78, 5) is 42.9.